The van der Waals surface area contributed by atoms with Gasteiger partial charge in [0.1, 0.15) is 0 Å². The van der Waals surface area contributed by atoms with Crippen LogP contribution in [-0.4, -0.2) is 9.97 Å². The number of thiazole rings is 2. The van der Waals surface area contributed by atoms with Gasteiger partial charge >= 0.3 is 0 Å². The number of nitrogens with two attached hydrogens (primary N) is 1. The zero-order valence-electron chi connectivity index (χ0n) is 10.9. The van der Waals surface area contributed by atoms with E-state index in [2.05, 4.69) is 16.0 Å². The maximum Gasteiger partial charge on any atom is 0.0957 e. The molecule has 0 aliphatic rings. The third-order valence-electron chi connectivity index (χ3n) is 3.01. The second kappa shape index (κ2) is 5.00. The lowest BCUT2D eigenvalue weighted by molar-refractivity contribution is 0.726. The van der Waals surface area contributed by atoms with Crippen LogP contribution in [0.4, 0.5) is 0 Å². The van der Waals surface area contributed by atoms with Gasteiger partial charge in [0.25, 0.3) is 0 Å². The lowest BCUT2D eigenvalue weighted by atomic mass is 10.1. The molecule has 3 rings (SSSR count). The van der Waals surface area contributed by atoms with E-state index in [-0.39, 0.29) is 6.04 Å². The summed E-state index contributed by atoms with van der Waals surface area (Å²) >= 11 is 3.42. The van der Waals surface area contributed by atoms with E-state index in [4.69, 9.17) is 5.73 Å². The van der Waals surface area contributed by atoms with Crippen molar-refractivity contribution in [1.29, 1.82) is 0 Å². The van der Waals surface area contributed by atoms with E-state index < -0.39 is 0 Å². The summed E-state index contributed by atoms with van der Waals surface area (Å²) < 4.78 is 1.22. The Morgan fingerprint density at radius 3 is 2.63 bits per heavy atom. The summed E-state index contributed by atoms with van der Waals surface area (Å²) in [5, 5.41) is 2.17. The van der Waals surface area contributed by atoms with Gasteiger partial charge in [-0.2, -0.15) is 0 Å². The summed E-state index contributed by atoms with van der Waals surface area (Å²) in [5.74, 6) is 0. The summed E-state index contributed by atoms with van der Waals surface area (Å²) in [6, 6.07) is 8.20. The molecular formula is C14H15N3S2. The minimum absolute atomic E-state index is 0.00763. The quantitative estimate of drug-likeness (QED) is 0.801. The van der Waals surface area contributed by atoms with E-state index in [0.717, 1.165) is 27.6 Å². The fraction of sp³-hybridized carbons (Fsp3) is 0.286. The molecule has 1 atom stereocenters. The lowest BCUT2D eigenvalue weighted by Gasteiger charge is -2.07. The van der Waals surface area contributed by atoms with Gasteiger partial charge in [-0.25, -0.2) is 9.97 Å². The van der Waals surface area contributed by atoms with Crippen LogP contribution in [0.1, 0.15) is 26.6 Å². The van der Waals surface area contributed by atoms with Crippen molar-refractivity contribution >= 4 is 32.9 Å². The molecule has 0 saturated carbocycles. The van der Waals surface area contributed by atoms with Crippen molar-refractivity contribution in [2.24, 2.45) is 5.73 Å². The van der Waals surface area contributed by atoms with E-state index in [1.807, 2.05) is 32.0 Å². The molecule has 2 aromatic heterocycles. The van der Waals surface area contributed by atoms with Crippen LogP contribution in [0.2, 0.25) is 0 Å². The Morgan fingerprint density at radius 2 is 1.95 bits per heavy atom. The minimum Gasteiger partial charge on any atom is -0.323 e. The monoisotopic (exact) mass is 289 g/mol. The molecule has 0 amide bonds. The van der Waals surface area contributed by atoms with Gasteiger partial charge in [0.05, 0.1) is 25.9 Å². The topological polar surface area (TPSA) is 51.8 Å². The fourth-order valence-electron chi connectivity index (χ4n) is 2.18. The zero-order valence-corrected chi connectivity index (χ0v) is 12.5. The molecule has 0 aliphatic carbocycles. The number of hydrogen-bond donors (Lipinski definition) is 1. The lowest BCUT2D eigenvalue weighted by Crippen LogP contribution is -2.12. The smallest absolute Gasteiger partial charge is 0.0957 e. The van der Waals surface area contributed by atoms with Crippen LogP contribution in [0.3, 0.4) is 0 Å². The van der Waals surface area contributed by atoms with Crippen molar-refractivity contribution in [3.8, 4) is 0 Å². The predicted octanol–water partition coefficient (Wildman–Crippen LogP) is 3.61. The highest BCUT2D eigenvalue weighted by Crippen LogP contribution is 2.29. The number of nitrogens with zero attached hydrogens (tertiary/aromatic N) is 2. The van der Waals surface area contributed by atoms with Gasteiger partial charge in [-0.15, -0.1) is 22.7 Å². The van der Waals surface area contributed by atoms with Crippen LogP contribution < -0.4 is 5.73 Å². The number of hydrogen-bond acceptors (Lipinski definition) is 5. The van der Waals surface area contributed by atoms with Crippen molar-refractivity contribution in [1.82, 2.24) is 9.97 Å². The van der Waals surface area contributed by atoms with Gasteiger partial charge in [-0.3, -0.25) is 0 Å². The number of para-hydroxylation sites is 1. The van der Waals surface area contributed by atoms with E-state index in [1.165, 1.54) is 9.58 Å². The Kier molecular flexibility index (Phi) is 3.35. The largest absolute Gasteiger partial charge is 0.323 e. The van der Waals surface area contributed by atoms with Crippen LogP contribution in [0.15, 0.2) is 24.3 Å². The third-order valence-corrected chi connectivity index (χ3v) is 5.27. The second-order valence-electron chi connectivity index (χ2n) is 4.57. The Labute approximate surface area is 120 Å². The molecule has 3 aromatic rings. The van der Waals surface area contributed by atoms with Gasteiger partial charge in [-0.1, -0.05) is 12.1 Å². The van der Waals surface area contributed by atoms with Gasteiger partial charge < -0.3 is 5.73 Å². The van der Waals surface area contributed by atoms with E-state index >= 15 is 0 Å². The predicted molar refractivity (Wildman–Crippen MR) is 81.8 cm³/mol. The van der Waals surface area contributed by atoms with Crippen molar-refractivity contribution in [3.05, 3.63) is 44.9 Å². The average molecular weight is 289 g/mol. The Balaban J connectivity index is 1.86. The molecule has 19 heavy (non-hydrogen) atoms. The number of fused-ring (bicyclic) bond motifs is 1. The molecule has 0 fully saturated rings. The van der Waals surface area contributed by atoms with Crippen LogP contribution >= 0.6 is 22.7 Å². The highest BCUT2D eigenvalue weighted by molar-refractivity contribution is 7.18. The summed E-state index contributed by atoms with van der Waals surface area (Å²) in [4.78, 5) is 10.3. The molecule has 2 heterocycles. The molecule has 98 valence electrons. The third kappa shape index (κ3) is 2.54. The van der Waals surface area contributed by atoms with Gasteiger partial charge in [0.2, 0.25) is 0 Å². The van der Waals surface area contributed by atoms with Crippen molar-refractivity contribution in [3.63, 3.8) is 0 Å². The zero-order chi connectivity index (χ0) is 13.4. The van der Waals surface area contributed by atoms with Crippen LogP contribution in [0, 0.1) is 13.8 Å². The summed E-state index contributed by atoms with van der Waals surface area (Å²) in [6.45, 7) is 4.04. The van der Waals surface area contributed by atoms with Crippen molar-refractivity contribution < 1.29 is 0 Å². The van der Waals surface area contributed by atoms with E-state index in [0.29, 0.717) is 0 Å². The first-order valence-electron chi connectivity index (χ1n) is 6.17. The molecule has 0 radical (unpaired) electrons. The van der Waals surface area contributed by atoms with Gasteiger partial charge in [0.15, 0.2) is 0 Å². The van der Waals surface area contributed by atoms with Crippen LogP contribution in [-0.2, 0) is 6.42 Å². The number of aryl methyl sites for hydroxylation is 2. The maximum absolute atomic E-state index is 6.30. The van der Waals surface area contributed by atoms with Crippen molar-refractivity contribution in [2.75, 3.05) is 0 Å². The highest BCUT2D eigenvalue weighted by Gasteiger charge is 2.16. The number of rotatable bonds is 3. The Hall–Kier alpha value is -1.30. The van der Waals surface area contributed by atoms with Crippen LogP contribution in [0.25, 0.3) is 10.2 Å². The van der Waals surface area contributed by atoms with Crippen molar-refractivity contribution in [2.45, 2.75) is 26.3 Å². The molecule has 0 spiro atoms. The van der Waals surface area contributed by atoms with Gasteiger partial charge in [0, 0.05) is 17.3 Å². The normalized spacial score (nSPS) is 13.0. The second-order valence-corrected chi connectivity index (χ2v) is 6.92. The molecule has 0 aliphatic heterocycles. The molecule has 2 N–H and O–H groups in total. The Morgan fingerprint density at radius 1 is 1.16 bits per heavy atom. The summed E-state index contributed by atoms with van der Waals surface area (Å²) in [5.41, 5.74) is 8.41. The molecular weight excluding hydrogens is 274 g/mol. The summed E-state index contributed by atoms with van der Waals surface area (Å²) in [6.07, 6.45) is 0.780. The van der Waals surface area contributed by atoms with E-state index in [1.54, 1.807) is 22.7 Å². The highest BCUT2D eigenvalue weighted by atomic mass is 32.1. The standard InChI is InChI=1S/C14H15N3S2/c1-8-14(18-9(2)16-8)10(15)7-13-17-11-5-3-4-6-12(11)19-13/h3-6,10H,7,15H2,1-2H3. The minimum atomic E-state index is -0.00763. The van der Waals surface area contributed by atoms with Gasteiger partial charge in [-0.05, 0) is 26.0 Å². The number of aromatic nitrogens is 2. The first-order chi connectivity index (χ1) is 9.13. The molecule has 0 bridgehead atoms. The molecule has 1 aromatic carbocycles. The maximum atomic E-state index is 6.30. The average Bonchev–Trinajstić information content (AvgIpc) is 2.91. The molecule has 0 saturated heterocycles. The Bertz CT molecular complexity index is 681. The first kappa shape index (κ1) is 12.7. The molecule has 3 nitrogen and oxygen atoms in total. The van der Waals surface area contributed by atoms with E-state index in [9.17, 15) is 0 Å². The molecule has 5 heteroatoms. The molecule has 1 unspecified atom stereocenters. The SMILES string of the molecule is Cc1nc(C)c(C(N)Cc2nc3ccccc3s2)s1. The number of benzene rings is 1. The fourth-order valence-corrected chi connectivity index (χ4v) is 4.13. The summed E-state index contributed by atoms with van der Waals surface area (Å²) in [7, 11) is 0. The first-order valence-corrected chi connectivity index (χ1v) is 7.81. The van der Waals surface area contributed by atoms with Crippen LogP contribution in [0.5, 0.6) is 0 Å².